The van der Waals surface area contributed by atoms with E-state index in [1.54, 1.807) is 0 Å². The summed E-state index contributed by atoms with van der Waals surface area (Å²) in [5.41, 5.74) is 0.793. The standard InChI is InChI=1S/C12H11BO2/c14-13-11-8-4-5-9-12(11)15-10-6-2-1-3-7-10/h1-9,13-14H. The minimum atomic E-state index is -0.0109. The van der Waals surface area contributed by atoms with Crippen molar-refractivity contribution in [2.24, 2.45) is 0 Å². The first kappa shape index (κ1) is 9.81. The van der Waals surface area contributed by atoms with Crippen molar-refractivity contribution in [2.75, 3.05) is 0 Å². The van der Waals surface area contributed by atoms with E-state index in [1.165, 1.54) is 0 Å². The van der Waals surface area contributed by atoms with Crippen LogP contribution in [0.15, 0.2) is 54.6 Å². The zero-order valence-corrected chi connectivity index (χ0v) is 8.26. The summed E-state index contributed by atoms with van der Waals surface area (Å²) >= 11 is 0. The van der Waals surface area contributed by atoms with Crippen LogP contribution in [0.2, 0.25) is 0 Å². The molecule has 0 aromatic heterocycles. The second kappa shape index (κ2) is 4.67. The van der Waals surface area contributed by atoms with Crippen LogP contribution in [0.3, 0.4) is 0 Å². The van der Waals surface area contributed by atoms with Gasteiger partial charge in [0.05, 0.1) is 0 Å². The Hall–Kier alpha value is -1.74. The van der Waals surface area contributed by atoms with Crippen molar-refractivity contribution in [1.29, 1.82) is 0 Å². The van der Waals surface area contributed by atoms with E-state index in [0.717, 1.165) is 11.2 Å². The smallest absolute Gasteiger partial charge is 0.308 e. The number of hydrogen-bond donors (Lipinski definition) is 1. The maximum atomic E-state index is 9.12. The Morgan fingerprint density at radius 2 is 1.53 bits per heavy atom. The molecule has 0 spiro atoms. The molecule has 0 amide bonds. The third-order valence-corrected chi connectivity index (χ3v) is 2.11. The van der Waals surface area contributed by atoms with Gasteiger partial charge in [0, 0.05) is 0 Å². The van der Waals surface area contributed by atoms with Crippen LogP contribution in [0, 0.1) is 0 Å². The Morgan fingerprint density at radius 1 is 0.867 bits per heavy atom. The summed E-state index contributed by atoms with van der Waals surface area (Å²) in [7, 11) is -0.0109. The summed E-state index contributed by atoms with van der Waals surface area (Å²) in [6, 6.07) is 17.0. The van der Waals surface area contributed by atoms with Gasteiger partial charge in [-0.1, -0.05) is 36.4 Å². The molecule has 2 aromatic rings. The highest BCUT2D eigenvalue weighted by Crippen LogP contribution is 2.18. The summed E-state index contributed by atoms with van der Waals surface area (Å²) in [6.07, 6.45) is 0. The topological polar surface area (TPSA) is 29.5 Å². The molecule has 0 unspecified atom stereocenters. The molecule has 15 heavy (non-hydrogen) atoms. The van der Waals surface area contributed by atoms with Crippen molar-refractivity contribution in [2.45, 2.75) is 0 Å². The van der Waals surface area contributed by atoms with Gasteiger partial charge in [0.15, 0.2) is 0 Å². The molecule has 2 nitrogen and oxygen atoms in total. The Morgan fingerprint density at radius 3 is 2.27 bits per heavy atom. The van der Waals surface area contributed by atoms with Crippen LogP contribution in [0.5, 0.6) is 11.5 Å². The minimum absolute atomic E-state index is 0.0109. The second-order valence-corrected chi connectivity index (χ2v) is 3.18. The predicted molar refractivity (Wildman–Crippen MR) is 62.0 cm³/mol. The summed E-state index contributed by atoms with van der Waals surface area (Å²) in [5, 5.41) is 9.12. The highest BCUT2D eigenvalue weighted by Gasteiger charge is 2.03. The lowest BCUT2D eigenvalue weighted by Gasteiger charge is -2.08. The maximum absolute atomic E-state index is 9.12. The van der Waals surface area contributed by atoms with Crippen LogP contribution >= 0.6 is 0 Å². The summed E-state index contributed by atoms with van der Waals surface area (Å²) < 4.78 is 5.64. The van der Waals surface area contributed by atoms with Crippen LogP contribution in [-0.2, 0) is 0 Å². The largest absolute Gasteiger partial charge is 0.458 e. The number of benzene rings is 2. The molecular weight excluding hydrogens is 187 g/mol. The molecule has 0 atom stereocenters. The predicted octanol–water partition coefficient (Wildman–Crippen LogP) is 1.45. The van der Waals surface area contributed by atoms with E-state index < -0.39 is 0 Å². The van der Waals surface area contributed by atoms with E-state index in [2.05, 4.69) is 0 Å². The fraction of sp³-hybridized carbons (Fsp3) is 0. The van der Waals surface area contributed by atoms with Crippen molar-refractivity contribution in [1.82, 2.24) is 0 Å². The van der Waals surface area contributed by atoms with Gasteiger partial charge < -0.3 is 9.76 Å². The van der Waals surface area contributed by atoms with E-state index >= 15 is 0 Å². The number of para-hydroxylation sites is 2. The summed E-state index contributed by atoms with van der Waals surface area (Å²) in [4.78, 5) is 0. The van der Waals surface area contributed by atoms with Gasteiger partial charge >= 0.3 is 7.48 Å². The molecule has 0 saturated carbocycles. The van der Waals surface area contributed by atoms with E-state index in [1.807, 2.05) is 54.6 Å². The zero-order valence-electron chi connectivity index (χ0n) is 8.26. The molecule has 0 saturated heterocycles. The maximum Gasteiger partial charge on any atom is 0.308 e. The van der Waals surface area contributed by atoms with Crippen LogP contribution in [0.4, 0.5) is 0 Å². The van der Waals surface area contributed by atoms with Crippen LogP contribution in [0.1, 0.15) is 0 Å². The Kier molecular flexibility index (Phi) is 3.05. The van der Waals surface area contributed by atoms with Gasteiger partial charge in [0.25, 0.3) is 0 Å². The molecule has 2 rings (SSSR count). The second-order valence-electron chi connectivity index (χ2n) is 3.18. The average Bonchev–Trinajstić information content (AvgIpc) is 2.31. The molecule has 1 N–H and O–H groups in total. The van der Waals surface area contributed by atoms with Gasteiger partial charge in [-0.25, -0.2) is 0 Å². The van der Waals surface area contributed by atoms with E-state index in [0.29, 0.717) is 5.75 Å². The first-order valence-electron chi connectivity index (χ1n) is 4.82. The van der Waals surface area contributed by atoms with Crippen molar-refractivity contribution in [3.05, 3.63) is 54.6 Å². The third-order valence-electron chi connectivity index (χ3n) is 2.11. The quantitative estimate of drug-likeness (QED) is 0.756. The first-order valence-corrected chi connectivity index (χ1v) is 4.82. The Bertz CT molecular complexity index is 429. The van der Waals surface area contributed by atoms with Gasteiger partial charge in [-0.05, 0) is 23.7 Å². The Labute approximate surface area is 89.4 Å². The SMILES string of the molecule is OBc1ccccc1Oc1ccccc1. The molecule has 0 aliphatic carbocycles. The molecule has 0 heterocycles. The van der Waals surface area contributed by atoms with Gasteiger partial charge in [0.2, 0.25) is 0 Å². The molecule has 0 bridgehead atoms. The summed E-state index contributed by atoms with van der Waals surface area (Å²) in [5.74, 6) is 1.48. The Balaban J connectivity index is 2.24. The van der Waals surface area contributed by atoms with Crippen molar-refractivity contribution >= 4 is 12.9 Å². The van der Waals surface area contributed by atoms with Crippen molar-refractivity contribution < 1.29 is 9.76 Å². The highest BCUT2D eigenvalue weighted by atomic mass is 16.5. The fourth-order valence-electron chi connectivity index (χ4n) is 1.35. The lowest BCUT2D eigenvalue weighted by atomic mass is 9.88. The normalized spacial score (nSPS) is 9.67. The molecule has 74 valence electrons. The van der Waals surface area contributed by atoms with Crippen molar-refractivity contribution in [3.63, 3.8) is 0 Å². The zero-order chi connectivity index (χ0) is 10.5. The number of ether oxygens (including phenoxy) is 1. The number of hydrogen-bond acceptors (Lipinski definition) is 2. The van der Waals surface area contributed by atoms with Crippen LogP contribution in [-0.4, -0.2) is 12.5 Å². The van der Waals surface area contributed by atoms with Gasteiger partial charge in [-0.3, -0.25) is 0 Å². The van der Waals surface area contributed by atoms with Crippen molar-refractivity contribution in [3.8, 4) is 11.5 Å². The molecule has 0 fully saturated rings. The molecule has 0 radical (unpaired) electrons. The van der Waals surface area contributed by atoms with E-state index in [-0.39, 0.29) is 7.48 Å². The lowest BCUT2D eigenvalue weighted by Crippen LogP contribution is -2.15. The average molecular weight is 198 g/mol. The highest BCUT2D eigenvalue weighted by molar-refractivity contribution is 6.46. The summed E-state index contributed by atoms with van der Waals surface area (Å²) in [6.45, 7) is 0. The monoisotopic (exact) mass is 198 g/mol. The molecule has 3 heteroatoms. The number of rotatable bonds is 3. The minimum Gasteiger partial charge on any atom is -0.458 e. The van der Waals surface area contributed by atoms with E-state index in [4.69, 9.17) is 9.76 Å². The first-order chi connectivity index (χ1) is 7.40. The van der Waals surface area contributed by atoms with Gasteiger partial charge in [-0.2, -0.15) is 0 Å². The fourth-order valence-corrected chi connectivity index (χ4v) is 1.35. The molecule has 0 aliphatic heterocycles. The van der Waals surface area contributed by atoms with Gasteiger partial charge in [-0.15, -0.1) is 0 Å². The molecular formula is C12H11BO2. The third kappa shape index (κ3) is 2.39. The van der Waals surface area contributed by atoms with Gasteiger partial charge in [0.1, 0.15) is 11.5 Å². The molecule has 2 aromatic carbocycles. The van der Waals surface area contributed by atoms with Crippen LogP contribution < -0.4 is 10.2 Å². The molecule has 0 aliphatic rings. The van der Waals surface area contributed by atoms with Crippen LogP contribution in [0.25, 0.3) is 0 Å². The lowest BCUT2D eigenvalue weighted by molar-refractivity contribution is 0.485. The van der Waals surface area contributed by atoms with E-state index in [9.17, 15) is 0 Å².